The number of rotatable bonds is 5. The molecule has 0 saturated carbocycles. The van der Waals surface area contributed by atoms with Crippen LogP contribution in [0.15, 0.2) is 0 Å². The quantitative estimate of drug-likeness (QED) is 0.522. The highest BCUT2D eigenvalue weighted by Gasteiger charge is 2.49. The van der Waals surface area contributed by atoms with Gasteiger partial charge >= 0.3 is 0 Å². The van der Waals surface area contributed by atoms with Gasteiger partial charge in [0.1, 0.15) is 5.82 Å². The second-order valence-corrected chi connectivity index (χ2v) is 15.9. The lowest BCUT2D eigenvalue weighted by Gasteiger charge is -2.59. The smallest absolute Gasteiger partial charge is 0.245 e. The summed E-state index contributed by atoms with van der Waals surface area (Å²) < 4.78 is 5.63. The van der Waals surface area contributed by atoms with E-state index >= 15 is 0 Å². The number of anilines is 2. The van der Waals surface area contributed by atoms with Gasteiger partial charge in [-0.2, -0.15) is 15.0 Å². The normalized spacial score (nSPS) is 25.6. The second kappa shape index (κ2) is 10.4. The van der Waals surface area contributed by atoms with Crippen LogP contribution >= 0.6 is 0 Å². The largest absolute Gasteiger partial charge is 0.378 e. The molecule has 0 bridgehead atoms. The molecule has 39 heavy (non-hydrogen) atoms. The van der Waals surface area contributed by atoms with Gasteiger partial charge in [0.15, 0.2) is 0 Å². The Bertz CT molecular complexity index is 977. The molecule has 2 N–H and O–H groups in total. The Kier molecular flexibility index (Phi) is 8.09. The maximum Gasteiger partial charge on any atom is 0.245 e. The number of aryl methyl sites for hydroxylation is 1. The molecule has 3 aliphatic rings. The number of piperidine rings is 2. The number of nitrogens with zero attached hydrogens (tertiary/aromatic N) is 6. The molecule has 0 spiro atoms. The van der Waals surface area contributed by atoms with Crippen molar-refractivity contribution in [2.24, 2.45) is 0 Å². The topological polar surface area (TPSA) is 81.7 Å². The lowest BCUT2D eigenvalue weighted by Crippen LogP contribution is -2.71. The van der Waals surface area contributed by atoms with E-state index in [2.05, 4.69) is 102 Å². The zero-order valence-corrected chi connectivity index (χ0v) is 26.9. The van der Waals surface area contributed by atoms with E-state index in [4.69, 9.17) is 19.7 Å². The van der Waals surface area contributed by atoms with Crippen LogP contribution in [0.1, 0.15) is 108 Å². The number of ether oxygens (including phenoxy) is 1. The Morgan fingerprint density at radius 3 is 1.67 bits per heavy atom. The Balaban J connectivity index is 1.87. The van der Waals surface area contributed by atoms with E-state index < -0.39 is 0 Å². The van der Waals surface area contributed by atoms with Crippen molar-refractivity contribution in [2.45, 2.75) is 149 Å². The minimum absolute atomic E-state index is 0.0161. The van der Waals surface area contributed by atoms with Gasteiger partial charge in [-0.3, -0.25) is 5.01 Å². The highest BCUT2D eigenvalue weighted by Crippen LogP contribution is 2.41. The molecule has 0 amide bonds. The zero-order valence-electron chi connectivity index (χ0n) is 26.9. The molecule has 0 atom stereocenters. The van der Waals surface area contributed by atoms with Crippen molar-refractivity contribution in [3.8, 4) is 0 Å². The molecule has 9 heteroatoms. The molecule has 0 radical (unpaired) electrons. The Hall–Kier alpha value is -1.55. The molecule has 0 aromatic carbocycles. The monoisotopic (exact) mass is 544 g/mol. The first-order valence-electron chi connectivity index (χ1n) is 15.0. The number of hydrogen-bond acceptors (Lipinski definition) is 9. The number of hydrazine groups is 1. The van der Waals surface area contributed by atoms with Crippen molar-refractivity contribution in [3.05, 3.63) is 5.82 Å². The highest BCUT2D eigenvalue weighted by atomic mass is 16.5. The summed E-state index contributed by atoms with van der Waals surface area (Å²) in [7, 11) is 0. The van der Waals surface area contributed by atoms with Gasteiger partial charge in [-0.25, -0.2) is 5.01 Å². The minimum atomic E-state index is -0.146. The van der Waals surface area contributed by atoms with Crippen LogP contribution in [0.5, 0.6) is 0 Å². The SMILES string of the molecule is Cc1nc(N2CCOCC2)nc(N(C2CC(C)(C)NC(C)(C)C2)N(C2CC(C)(C)NC(C)(C)C2)C(C)(C)C)n1. The summed E-state index contributed by atoms with van der Waals surface area (Å²) in [4.78, 5) is 17.3. The zero-order chi connectivity index (χ0) is 29.0. The van der Waals surface area contributed by atoms with Gasteiger partial charge in [0.2, 0.25) is 11.9 Å². The molecule has 4 heterocycles. The molecule has 3 saturated heterocycles. The third kappa shape index (κ3) is 7.40. The summed E-state index contributed by atoms with van der Waals surface area (Å²) in [6.45, 7) is 30.7. The molecule has 0 unspecified atom stereocenters. The van der Waals surface area contributed by atoms with Crippen LogP contribution in [0.2, 0.25) is 0 Å². The third-order valence-corrected chi connectivity index (χ3v) is 8.17. The van der Waals surface area contributed by atoms with E-state index in [9.17, 15) is 0 Å². The van der Waals surface area contributed by atoms with E-state index in [-0.39, 0.29) is 33.7 Å². The summed E-state index contributed by atoms with van der Waals surface area (Å²) >= 11 is 0. The Morgan fingerprint density at radius 2 is 1.21 bits per heavy atom. The van der Waals surface area contributed by atoms with Crippen molar-refractivity contribution in [1.29, 1.82) is 0 Å². The fourth-order valence-electron chi connectivity index (χ4n) is 7.83. The molecule has 222 valence electrons. The van der Waals surface area contributed by atoms with Crippen molar-refractivity contribution in [1.82, 2.24) is 30.6 Å². The number of aromatic nitrogens is 3. The summed E-state index contributed by atoms with van der Waals surface area (Å²) in [6.07, 6.45) is 4.08. The number of morpholine rings is 1. The van der Waals surface area contributed by atoms with Crippen molar-refractivity contribution < 1.29 is 4.74 Å². The van der Waals surface area contributed by atoms with Crippen LogP contribution in [0.3, 0.4) is 0 Å². The van der Waals surface area contributed by atoms with Gasteiger partial charge in [-0.1, -0.05) is 0 Å². The summed E-state index contributed by atoms with van der Waals surface area (Å²) in [5.41, 5.74) is -0.149. The molecule has 0 aliphatic carbocycles. The van der Waals surface area contributed by atoms with E-state index in [0.717, 1.165) is 56.5 Å². The van der Waals surface area contributed by atoms with E-state index in [1.54, 1.807) is 0 Å². The van der Waals surface area contributed by atoms with Crippen molar-refractivity contribution in [2.75, 3.05) is 36.2 Å². The van der Waals surface area contributed by atoms with Crippen LogP contribution in [0, 0.1) is 6.92 Å². The standard InChI is InChI=1S/C30H56N8O/c1-21-31-24(36-13-15-39-16-14-36)33-25(32-21)37(22-17-27(5,6)34-28(7,8)18-22)38(26(2,3)4)23-19-29(9,10)35-30(11,12)20-23/h22-23,34-35H,13-20H2,1-12H3. The molecule has 3 aliphatic heterocycles. The van der Waals surface area contributed by atoms with E-state index in [1.807, 2.05) is 6.92 Å². The average molecular weight is 545 g/mol. The minimum Gasteiger partial charge on any atom is -0.378 e. The average Bonchev–Trinajstić information content (AvgIpc) is 2.72. The summed E-state index contributed by atoms with van der Waals surface area (Å²) in [5.74, 6) is 2.29. The van der Waals surface area contributed by atoms with Crippen LogP contribution in [-0.2, 0) is 4.74 Å². The van der Waals surface area contributed by atoms with Crippen LogP contribution < -0.4 is 20.5 Å². The maximum atomic E-state index is 5.63. The van der Waals surface area contributed by atoms with Gasteiger partial charge in [0.25, 0.3) is 0 Å². The molecule has 9 nitrogen and oxygen atoms in total. The van der Waals surface area contributed by atoms with Crippen molar-refractivity contribution in [3.63, 3.8) is 0 Å². The maximum absolute atomic E-state index is 5.63. The predicted octanol–water partition coefficient (Wildman–Crippen LogP) is 4.46. The highest BCUT2D eigenvalue weighted by molar-refractivity contribution is 5.41. The van der Waals surface area contributed by atoms with E-state index in [0.29, 0.717) is 19.3 Å². The van der Waals surface area contributed by atoms with Gasteiger partial charge in [0.05, 0.1) is 19.3 Å². The second-order valence-electron chi connectivity index (χ2n) is 15.9. The van der Waals surface area contributed by atoms with Gasteiger partial charge in [0, 0.05) is 46.8 Å². The fourth-order valence-corrected chi connectivity index (χ4v) is 7.83. The van der Waals surface area contributed by atoms with E-state index in [1.165, 1.54) is 0 Å². The third-order valence-electron chi connectivity index (χ3n) is 8.17. The summed E-state index contributed by atoms with van der Waals surface area (Å²) in [5, 5.41) is 12.9. The van der Waals surface area contributed by atoms with Crippen molar-refractivity contribution >= 4 is 11.9 Å². The van der Waals surface area contributed by atoms with Crippen LogP contribution in [0.4, 0.5) is 11.9 Å². The van der Waals surface area contributed by atoms with Crippen LogP contribution in [-0.4, -0.2) is 86.0 Å². The Morgan fingerprint density at radius 1 is 0.744 bits per heavy atom. The Labute approximate surface area is 237 Å². The van der Waals surface area contributed by atoms with Gasteiger partial charge < -0.3 is 20.3 Å². The fraction of sp³-hybridized carbons (Fsp3) is 0.900. The first-order valence-corrected chi connectivity index (χ1v) is 15.0. The number of hydrogen-bond donors (Lipinski definition) is 2. The molecular formula is C30H56N8O. The molecule has 3 fully saturated rings. The lowest BCUT2D eigenvalue weighted by molar-refractivity contribution is -0.0169. The van der Waals surface area contributed by atoms with Gasteiger partial charge in [-0.05, 0) is 109 Å². The number of nitrogens with one attached hydrogen (secondary N) is 2. The first kappa shape index (κ1) is 30.4. The molecule has 1 aromatic rings. The molecule has 1 aromatic heterocycles. The predicted molar refractivity (Wildman–Crippen MR) is 160 cm³/mol. The van der Waals surface area contributed by atoms with Gasteiger partial charge in [-0.15, -0.1) is 0 Å². The first-order chi connectivity index (χ1) is 17.8. The summed E-state index contributed by atoms with van der Waals surface area (Å²) in [6, 6.07) is 0.553. The van der Waals surface area contributed by atoms with Crippen LogP contribution in [0.25, 0.3) is 0 Å². The molecular weight excluding hydrogens is 488 g/mol. The molecule has 4 rings (SSSR count). The lowest BCUT2D eigenvalue weighted by atomic mass is 9.77.